The first-order chi connectivity index (χ1) is 10.3. The predicted octanol–water partition coefficient (Wildman–Crippen LogP) is 8.08. The molecule has 0 aromatic rings. The second kappa shape index (κ2) is 26.3. The summed E-state index contributed by atoms with van der Waals surface area (Å²) in [5.41, 5.74) is 0. The molecule has 21 heavy (non-hydrogen) atoms. The first-order valence-electron chi connectivity index (χ1n) is 9.24. The highest BCUT2D eigenvalue weighted by molar-refractivity contribution is 7.22. The highest BCUT2D eigenvalue weighted by Gasteiger charge is 1.93. The lowest BCUT2D eigenvalue weighted by atomic mass is 10.0. The van der Waals surface area contributed by atoms with E-state index in [1.54, 1.807) is 0 Å². The normalized spacial score (nSPS) is 9.90. The van der Waals surface area contributed by atoms with E-state index in [0.29, 0.717) is 0 Å². The lowest BCUT2D eigenvalue weighted by molar-refractivity contribution is 0.533. The monoisotopic (exact) mass is 347 g/mol. The molecule has 0 saturated heterocycles. The van der Waals surface area contributed by atoms with Gasteiger partial charge in [-0.2, -0.15) is 0 Å². The average molecular weight is 349 g/mol. The maximum Gasteiger partial charge on any atom is 0.618 e. The van der Waals surface area contributed by atoms with Gasteiger partial charge in [0.05, 0.1) is 0 Å². The van der Waals surface area contributed by atoms with Crippen molar-refractivity contribution < 1.29 is 0 Å². The molecule has 0 rings (SSSR count). The van der Waals surface area contributed by atoms with Crippen LogP contribution in [0.1, 0.15) is 110 Å². The van der Waals surface area contributed by atoms with Crippen molar-refractivity contribution in [1.29, 1.82) is 0 Å². The highest BCUT2D eigenvalue weighted by Crippen LogP contribution is 2.13. The summed E-state index contributed by atoms with van der Waals surface area (Å²) in [6, 6.07) is 0. The quantitative estimate of drug-likeness (QED) is 0.207. The molecule has 0 fully saturated rings. The SMILES string of the molecule is [CH2]CCCCCCCCCCCCCCCCC.[Cl][Mg][Cl]. The Morgan fingerprint density at radius 1 is 0.571 bits per heavy atom. The lowest BCUT2D eigenvalue weighted by Crippen LogP contribution is -1.83. The van der Waals surface area contributed by atoms with Gasteiger partial charge in [0, 0.05) is 0 Å². The van der Waals surface area contributed by atoms with Crippen molar-refractivity contribution in [2.45, 2.75) is 110 Å². The number of unbranched alkanes of at least 4 members (excludes halogenated alkanes) is 15. The third-order valence-electron chi connectivity index (χ3n) is 3.85. The van der Waals surface area contributed by atoms with Crippen LogP contribution in [0.3, 0.4) is 0 Å². The lowest BCUT2D eigenvalue weighted by Gasteiger charge is -2.03. The van der Waals surface area contributed by atoms with Crippen LogP contribution in [-0.2, 0) is 0 Å². The molecule has 0 N–H and O–H groups in total. The van der Waals surface area contributed by atoms with Crippen LogP contribution in [-0.4, -0.2) is 18.2 Å². The van der Waals surface area contributed by atoms with Crippen LogP contribution < -0.4 is 0 Å². The Bertz CT molecular complexity index is 138. The van der Waals surface area contributed by atoms with Gasteiger partial charge in [0.25, 0.3) is 0 Å². The second-order valence-electron chi connectivity index (χ2n) is 5.90. The van der Waals surface area contributed by atoms with Gasteiger partial charge in [-0.1, -0.05) is 117 Å². The molecule has 0 aliphatic rings. The van der Waals surface area contributed by atoms with Crippen LogP contribution in [0.15, 0.2) is 0 Å². The molecule has 0 amide bonds. The Morgan fingerprint density at radius 3 is 1.05 bits per heavy atom. The molecule has 0 aliphatic carbocycles. The van der Waals surface area contributed by atoms with Gasteiger partial charge in [-0.25, -0.2) is 0 Å². The maximum absolute atomic E-state index is 4.90. The first-order valence-corrected chi connectivity index (χ1v) is 13.5. The van der Waals surface area contributed by atoms with E-state index in [4.69, 9.17) is 18.1 Å². The second-order valence-corrected chi connectivity index (χ2v) is 8.53. The van der Waals surface area contributed by atoms with E-state index in [-0.39, 0.29) is 0 Å². The van der Waals surface area contributed by atoms with E-state index in [2.05, 4.69) is 13.8 Å². The molecule has 0 spiro atoms. The number of hydrogen-bond acceptors (Lipinski definition) is 0. The van der Waals surface area contributed by atoms with Crippen LogP contribution in [0.2, 0.25) is 0 Å². The highest BCUT2D eigenvalue weighted by atomic mass is 35.6. The topological polar surface area (TPSA) is 0 Å². The molecular weight excluding hydrogens is 311 g/mol. The molecule has 0 unspecified atom stereocenters. The minimum absolute atomic E-state index is 0.639. The minimum atomic E-state index is -0.639. The Balaban J connectivity index is 0. The van der Waals surface area contributed by atoms with Gasteiger partial charge in [-0.3, -0.25) is 0 Å². The zero-order chi connectivity index (χ0) is 16.0. The molecule has 0 heterocycles. The smallest absolute Gasteiger partial charge is 0.309 e. The van der Waals surface area contributed by atoms with Crippen molar-refractivity contribution in [2.24, 2.45) is 0 Å². The molecule has 0 nitrogen and oxygen atoms in total. The van der Waals surface area contributed by atoms with E-state index in [0.717, 1.165) is 6.42 Å². The Labute approximate surface area is 152 Å². The molecule has 0 aromatic heterocycles. The maximum atomic E-state index is 4.90. The fourth-order valence-electron chi connectivity index (χ4n) is 2.55. The first kappa shape index (κ1) is 24.6. The van der Waals surface area contributed by atoms with E-state index >= 15 is 0 Å². The molecule has 0 aliphatic heterocycles. The average Bonchev–Trinajstić information content (AvgIpc) is 2.48. The van der Waals surface area contributed by atoms with Crippen molar-refractivity contribution in [3.63, 3.8) is 0 Å². The Kier molecular flexibility index (Phi) is 30.8. The number of halogens is 2. The molecule has 0 aromatic carbocycles. The van der Waals surface area contributed by atoms with Gasteiger partial charge < -0.3 is 18.1 Å². The molecule has 3 heteroatoms. The van der Waals surface area contributed by atoms with Gasteiger partial charge >= 0.3 is 18.2 Å². The van der Waals surface area contributed by atoms with Gasteiger partial charge in [0.2, 0.25) is 0 Å². The van der Waals surface area contributed by atoms with Crippen LogP contribution in [0.4, 0.5) is 0 Å². The fraction of sp³-hybridized carbons (Fsp3) is 0.944. The van der Waals surface area contributed by atoms with Crippen LogP contribution in [0.5, 0.6) is 0 Å². The van der Waals surface area contributed by atoms with Gasteiger partial charge in [0.15, 0.2) is 0 Å². The molecule has 0 bridgehead atoms. The largest absolute Gasteiger partial charge is 0.618 e. The third-order valence-corrected chi connectivity index (χ3v) is 3.85. The Hall–Kier alpha value is 1.35. The predicted molar refractivity (Wildman–Crippen MR) is 102 cm³/mol. The molecular formula is C18H37Cl2Mg. The van der Waals surface area contributed by atoms with E-state index in [1.807, 2.05) is 0 Å². The van der Waals surface area contributed by atoms with Crippen molar-refractivity contribution >= 4 is 36.3 Å². The van der Waals surface area contributed by atoms with Crippen molar-refractivity contribution in [2.75, 3.05) is 0 Å². The van der Waals surface area contributed by atoms with Crippen LogP contribution >= 0.6 is 18.1 Å². The summed E-state index contributed by atoms with van der Waals surface area (Å²) in [6.07, 6.45) is 22.8. The van der Waals surface area contributed by atoms with E-state index < -0.39 is 18.2 Å². The summed E-state index contributed by atoms with van der Waals surface area (Å²) in [5, 5.41) is 0. The number of rotatable bonds is 15. The van der Waals surface area contributed by atoms with Gasteiger partial charge in [-0.05, 0) is 0 Å². The molecule has 1 radical (unpaired) electrons. The van der Waals surface area contributed by atoms with E-state index in [9.17, 15) is 0 Å². The zero-order valence-corrected chi connectivity index (χ0v) is 17.4. The van der Waals surface area contributed by atoms with Crippen LogP contribution in [0, 0.1) is 6.92 Å². The standard InChI is InChI=1S/C18H37.2ClH.Mg/c1-3-5-7-9-11-13-15-17-18-16-14-12-10-8-6-4-2;;;/h1,3-18H2,2H3;2*1H;/q;;;+2/p-2. The Morgan fingerprint density at radius 2 is 0.810 bits per heavy atom. The molecule has 0 saturated carbocycles. The zero-order valence-electron chi connectivity index (χ0n) is 14.5. The van der Waals surface area contributed by atoms with Gasteiger partial charge in [0.1, 0.15) is 0 Å². The minimum Gasteiger partial charge on any atom is -0.309 e. The summed E-state index contributed by atoms with van der Waals surface area (Å²) < 4.78 is 0. The summed E-state index contributed by atoms with van der Waals surface area (Å²) in [7, 11) is 9.81. The summed E-state index contributed by atoms with van der Waals surface area (Å²) >= 11 is -0.639. The fourth-order valence-corrected chi connectivity index (χ4v) is 2.55. The summed E-state index contributed by atoms with van der Waals surface area (Å²) in [6.45, 7) is 6.18. The summed E-state index contributed by atoms with van der Waals surface area (Å²) in [5.74, 6) is 0. The van der Waals surface area contributed by atoms with Crippen LogP contribution in [0.25, 0.3) is 0 Å². The van der Waals surface area contributed by atoms with Crippen molar-refractivity contribution in [1.82, 2.24) is 0 Å². The summed E-state index contributed by atoms with van der Waals surface area (Å²) in [4.78, 5) is 0. The van der Waals surface area contributed by atoms with Gasteiger partial charge in [-0.15, -0.1) is 0 Å². The third kappa shape index (κ3) is 29.9. The molecule has 0 atom stereocenters. The number of hydrogen-bond donors (Lipinski definition) is 0. The van der Waals surface area contributed by atoms with Crippen molar-refractivity contribution in [3.05, 3.63) is 6.92 Å². The molecule has 125 valence electrons. The van der Waals surface area contributed by atoms with Crippen molar-refractivity contribution in [3.8, 4) is 0 Å². The van der Waals surface area contributed by atoms with E-state index in [1.165, 1.54) is 96.3 Å².